The average Bonchev–Trinajstić information content (AvgIpc) is 3.22. The minimum atomic E-state index is -0.147. The average molecular weight is 366 g/mol. The second kappa shape index (κ2) is 9.33. The summed E-state index contributed by atoms with van der Waals surface area (Å²) in [5.74, 6) is 0.438. The van der Waals surface area contributed by atoms with E-state index in [2.05, 4.69) is 22.3 Å². The van der Waals surface area contributed by atoms with Gasteiger partial charge in [0.05, 0.1) is 6.04 Å². The maximum Gasteiger partial charge on any atom is 0.258 e. The number of likely N-dealkylation sites (tertiary alicyclic amines) is 1. The molecule has 5 nitrogen and oxygen atoms in total. The Labute approximate surface area is 160 Å². The summed E-state index contributed by atoms with van der Waals surface area (Å²) in [4.78, 5) is 25.9. The summed E-state index contributed by atoms with van der Waals surface area (Å²) in [6.07, 6.45) is 2.41. The van der Waals surface area contributed by atoms with Crippen LogP contribution in [0.3, 0.4) is 0 Å². The Bertz CT molecular complexity index is 753. The number of hydrogen-bond acceptors (Lipinski definition) is 4. The molecule has 0 bridgehead atoms. The molecule has 142 valence electrons. The van der Waals surface area contributed by atoms with Gasteiger partial charge in [0.25, 0.3) is 5.91 Å². The summed E-state index contributed by atoms with van der Waals surface area (Å²) in [7, 11) is 0. The summed E-state index contributed by atoms with van der Waals surface area (Å²) < 4.78 is 5.53. The maximum absolute atomic E-state index is 12.2. The minimum absolute atomic E-state index is 0.00756. The van der Waals surface area contributed by atoms with E-state index < -0.39 is 0 Å². The van der Waals surface area contributed by atoms with Gasteiger partial charge in [0, 0.05) is 12.1 Å². The van der Waals surface area contributed by atoms with Gasteiger partial charge in [0.15, 0.2) is 12.4 Å². The molecule has 1 heterocycles. The largest absolute Gasteiger partial charge is 0.484 e. The van der Waals surface area contributed by atoms with Crippen molar-refractivity contribution in [1.82, 2.24) is 10.2 Å². The van der Waals surface area contributed by atoms with Crippen LogP contribution in [0.2, 0.25) is 0 Å². The van der Waals surface area contributed by atoms with Crippen LogP contribution in [0.25, 0.3) is 0 Å². The zero-order chi connectivity index (χ0) is 19.1. The fourth-order valence-electron chi connectivity index (χ4n) is 3.38. The Hall–Kier alpha value is -2.66. The fourth-order valence-corrected chi connectivity index (χ4v) is 3.38. The zero-order valence-corrected chi connectivity index (χ0v) is 15.7. The normalized spacial score (nSPS) is 15.3. The number of rotatable bonds is 8. The van der Waals surface area contributed by atoms with E-state index in [4.69, 9.17) is 4.74 Å². The van der Waals surface area contributed by atoms with Crippen LogP contribution >= 0.6 is 0 Å². The Balaban J connectivity index is 1.52. The number of nitrogens with zero attached hydrogens (tertiary/aromatic N) is 1. The third-order valence-electron chi connectivity index (χ3n) is 4.89. The molecule has 1 aliphatic heterocycles. The first-order chi connectivity index (χ1) is 13.1. The van der Waals surface area contributed by atoms with Gasteiger partial charge in [-0.3, -0.25) is 14.5 Å². The fraction of sp³-hybridized carbons (Fsp3) is 0.364. The number of nitrogens with one attached hydrogen (secondary N) is 1. The van der Waals surface area contributed by atoms with E-state index in [-0.39, 0.29) is 24.3 Å². The SMILES string of the molecule is CC(=O)c1ccc(OCC(=O)NCC(c2ccccc2)N2CCCC2)cc1. The molecule has 0 spiro atoms. The smallest absolute Gasteiger partial charge is 0.258 e. The Morgan fingerprint density at radius 3 is 2.33 bits per heavy atom. The first kappa shape index (κ1) is 19.1. The summed E-state index contributed by atoms with van der Waals surface area (Å²) in [5.41, 5.74) is 1.85. The van der Waals surface area contributed by atoms with Crippen LogP contribution in [-0.4, -0.2) is 42.8 Å². The molecule has 0 saturated carbocycles. The van der Waals surface area contributed by atoms with Gasteiger partial charge in [-0.25, -0.2) is 0 Å². The number of ketones is 1. The zero-order valence-electron chi connectivity index (χ0n) is 15.7. The van der Waals surface area contributed by atoms with E-state index in [0.29, 0.717) is 17.9 Å². The van der Waals surface area contributed by atoms with Crippen LogP contribution in [0.5, 0.6) is 5.75 Å². The molecule has 27 heavy (non-hydrogen) atoms. The lowest BCUT2D eigenvalue weighted by Crippen LogP contribution is -2.38. The molecular weight excluding hydrogens is 340 g/mol. The van der Waals surface area contributed by atoms with Crippen LogP contribution in [0.1, 0.15) is 41.7 Å². The predicted octanol–water partition coefficient (Wildman–Crippen LogP) is 3.22. The van der Waals surface area contributed by atoms with Gasteiger partial charge in [0.1, 0.15) is 5.75 Å². The third-order valence-corrected chi connectivity index (χ3v) is 4.89. The number of benzene rings is 2. The second-order valence-electron chi connectivity index (χ2n) is 6.84. The summed E-state index contributed by atoms with van der Waals surface area (Å²) in [6, 6.07) is 17.3. The summed E-state index contributed by atoms with van der Waals surface area (Å²) in [6.45, 7) is 4.17. The van der Waals surface area contributed by atoms with Crippen molar-refractivity contribution in [2.24, 2.45) is 0 Å². The van der Waals surface area contributed by atoms with Crippen molar-refractivity contribution in [3.05, 3.63) is 65.7 Å². The van der Waals surface area contributed by atoms with E-state index in [1.807, 2.05) is 18.2 Å². The van der Waals surface area contributed by atoms with Crippen molar-refractivity contribution in [3.63, 3.8) is 0 Å². The highest BCUT2D eigenvalue weighted by atomic mass is 16.5. The number of Topliss-reactive ketones (excluding diaryl/α,β-unsaturated/α-hetero) is 1. The highest BCUT2D eigenvalue weighted by Crippen LogP contribution is 2.24. The Morgan fingerprint density at radius 2 is 1.70 bits per heavy atom. The van der Waals surface area contributed by atoms with Crippen LogP contribution in [-0.2, 0) is 4.79 Å². The summed E-state index contributed by atoms with van der Waals surface area (Å²) in [5, 5.41) is 3.00. The molecular formula is C22H26N2O3. The quantitative estimate of drug-likeness (QED) is 0.729. The highest BCUT2D eigenvalue weighted by molar-refractivity contribution is 5.94. The molecule has 1 saturated heterocycles. The monoisotopic (exact) mass is 366 g/mol. The molecule has 2 aromatic rings. The van der Waals surface area contributed by atoms with Crippen LogP contribution in [0, 0.1) is 0 Å². The van der Waals surface area contributed by atoms with Crippen molar-refractivity contribution in [3.8, 4) is 5.75 Å². The van der Waals surface area contributed by atoms with Crippen molar-refractivity contribution < 1.29 is 14.3 Å². The molecule has 5 heteroatoms. The lowest BCUT2D eigenvalue weighted by Gasteiger charge is -2.28. The highest BCUT2D eigenvalue weighted by Gasteiger charge is 2.23. The van der Waals surface area contributed by atoms with Gasteiger partial charge >= 0.3 is 0 Å². The topological polar surface area (TPSA) is 58.6 Å². The van der Waals surface area contributed by atoms with E-state index in [9.17, 15) is 9.59 Å². The summed E-state index contributed by atoms with van der Waals surface area (Å²) >= 11 is 0. The lowest BCUT2D eigenvalue weighted by molar-refractivity contribution is -0.123. The molecule has 1 unspecified atom stereocenters. The molecule has 1 aliphatic rings. The van der Waals surface area contributed by atoms with Crippen LogP contribution < -0.4 is 10.1 Å². The van der Waals surface area contributed by atoms with Gasteiger partial charge in [-0.05, 0) is 62.7 Å². The third kappa shape index (κ3) is 5.41. The molecule has 1 amide bonds. The van der Waals surface area contributed by atoms with Gasteiger partial charge in [-0.15, -0.1) is 0 Å². The molecule has 1 fully saturated rings. The van der Waals surface area contributed by atoms with Gasteiger partial charge in [0.2, 0.25) is 0 Å². The number of ether oxygens (including phenoxy) is 1. The van der Waals surface area contributed by atoms with Gasteiger partial charge in [-0.2, -0.15) is 0 Å². The molecule has 2 aromatic carbocycles. The standard InChI is InChI=1S/C22H26N2O3/c1-17(25)18-9-11-20(12-10-18)27-16-22(26)23-15-21(24-13-5-6-14-24)19-7-3-2-4-8-19/h2-4,7-12,21H,5-6,13-16H2,1H3,(H,23,26). The number of carbonyl (C=O) groups is 2. The molecule has 1 N–H and O–H groups in total. The number of amides is 1. The van der Waals surface area contributed by atoms with E-state index in [0.717, 1.165) is 13.1 Å². The minimum Gasteiger partial charge on any atom is -0.484 e. The van der Waals surface area contributed by atoms with Crippen molar-refractivity contribution >= 4 is 11.7 Å². The van der Waals surface area contributed by atoms with Gasteiger partial charge in [-0.1, -0.05) is 30.3 Å². The van der Waals surface area contributed by atoms with E-state index in [1.165, 1.54) is 25.3 Å². The first-order valence-corrected chi connectivity index (χ1v) is 9.43. The molecule has 0 aromatic heterocycles. The predicted molar refractivity (Wildman–Crippen MR) is 105 cm³/mol. The van der Waals surface area contributed by atoms with E-state index >= 15 is 0 Å². The Kier molecular flexibility index (Phi) is 6.60. The Morgan fingerprint density at radius 1 is 1.04 bits per heavy atom. The molecule has 3 rings (SSSR count). The van der Waals surface area contributed by atoms with E-state index in [1.54, 1.807) is 24.3 Å². The lowest BCUT2D eigenvalue weighted by atomic mass is 10.1. The van der Waals surface area contributed by atoms with Crippen LogP contribution in [0.4, 0.5) is 0 Å². The second-order valence-corrected chi connectivity index (χ2v) is 6.84. The molecule has 1 atom stereocenters. The van der Waals surface area contributed by atoms with Crippen LogP contribution in [0.15, 0.2) is 54.6 Å². The number of carbonyl (C=O) groups excluding carboxylic acids is 2. The first-order valence-electron chi connectivity index (χ1n) is 9.43. The number of hydrogen-bond donors (Lipinski definition) is 1. The van der Waals surface area contributed by atoms with Gasteiger partial charge < -0.3 is 10.1 Å². The van der Waals surface area contributed by atoms with Crippen molar-refractivity contribution in [2.75, 3.05) is 26.2 Å². The van der Waals surface area contributed by atoms with Crippen molar-refractivity contribution in [2.45, 2.75) is 25.8 Å². The molecule has 0 aliphatic carbocycles. The van der Waals surface area contributed by atoms with Crippen molar-refractivity contribution in [1.29, 1.82) is 0 Å². The maximum atomic E-state index is 12.2. The molecule has 0 radical (unpaired) electrons.